The molecule has 11 nitrogen and oxygen atoms in total. The van der Waals surface area contributed by atoms with Crippen molar-refractivity contribution in [2.45, 2.75) is 63.1 Å². The van der Waals surface area contributed by atoms with Crippen molar-refractivity contribution in [1.29, 1.82) is 0 Å². The minimum atomic E-state index is -4.95. The number of aromatic carboxylic acids is 1. The van der Waals surface area contributed by atoms with E-state index in [9.17, 15) is 27.9 Å². The number of aromatic nitrogens is 1. The molecule has 5 N–H and O–H groups in total. The second-order valence-electron chi connectivity index (χ2n) is 12.3. The molecule has 2 saturated carbocycles. The van der Waals surface area contributed by atoms with Gasteiger partial charge >= 0.3 is 12.1 Å². The van der Waals surface area contributed by atoms with E-state index in [1.165, 1.54) is 42.7 Å². The van der Waals surface area contributed by atoms with Crippen molar-refractivity contribution in [3.05, 3.63) is 59.3 Å². The van der Waals surface area contributed by atoms with E-state index in [4.69, 9.17) is 25.8 Å². The molecule has 0 unspecified atom stereocenters. The number of halogens is 4. The molecule has 0 bridgehead atoms. The molecule has 258 valence electrons. The molecule has 0 atom stereocenters. The van der Waals surface area contributed by atoms with E-state index >= 15 is 4.39 Å². The first kappa shape index (κ1) is 35.9. The van der Waals surface area contributed by atoms with Crippen LogP contribution in [0.25, 0.3) is 0 Å². The van der Waals surface area contributed by atoms with E-state index in [1.54, 1.807) is 0 Å². The van der Waals surface area contributed by atoms with Crippen LogP contribution in [-0.4, -0.2) is 67.0 Å². The van der Waals surface area contributed by atoms with E-state index in [0.717, 1.165) is 31.0 Å². The van der Waals surface area contributed by atoms with Crippen LogP contribution in [0.15, 0.2) is 36.8 Å². The Morgan fingerprint density at radius 2 is 1.77 bits per heavy atom. The molecule has 47 heavy (non-hydrogen) atoms. The number of pyridine rings is 1. The number of ether oxygens (including phenoxy) is 3. The van der Waals surface area contributed by atoms with Gasteiger partial charge in [0.05, 0.1) is 30.5 Å². The van der Waals surface area contributed by atoms with Gasteiger partial charge in [-0.25, -0.2) is 20.0 Å². The molecule has 1 heterocycles. The average molecular weight is 668 g/mol. The minimum Gasteiger partial charge on any atom is -0.478 e. The molecule has 0 saturated heterocycles. The lowest BCUT2D eigenvalue weighted by Gasteiger charge is -2.36. The maximum absolute atomic E-state index is 15.8. The maximum atomic E-state index is 15.8. The van der Waals surface area contributed by atoms with Crippen LogP contribution in [0.1, 0.15) is 66.9 Å². The standard InChI is InChI=1S/C32H41F4N5O6/c1-19-4-6-20(7-5-19)29(42)41(22(16-45-2)17-46-3)26-14-25(33)27(13-23(26)30(43)44)47-28-24(32(34,35)36)12-21(15-39-28)31(8-9-31)18-40(38)11-10-37/h10-15,19-20,22H,4-9,16-18,37-38H2,1-3H3,(H,43,44)/b11-10-. The molecular weight excluding hydrogens is 626 g/mol. The zero-order valence-corrected chi connectivity index (χ0v) is 26.6. The lowest BCUT2D eigenvalue weighted by Crippen LogP contribution is -2.49. The van der Waals surface area contributed by atoms with Gasteiger partial charge in [0.15, 0.2) is 11.6 Å². The number of carbonyl (C=O) groups excluding carboxylic acids is 1. The van der Waals surface area contributed by atoms with E-state index < -0.39 is 64.0 Å². The van der Waals surface area contributed by atoms with Crippen molar-refractivity contribution in [1.82, 2.24) is 9.99 Å². The molecular formula is C32H41F4N5O6. The Balaban J connectivity index is 1.75. The van der Waals surface area contributed by atoms with Crippen LogP contribution in [-0.2, 0) is 25.9 Å². The highest BCUT2D eigenvalue weighted by molar-refractivity contribution is 6.03. The minimum absolute atomic E-state index is 0.0568. The van der Waals surface area contributed by atoms with Gasteiger partial charge in [-0.3, -0.25) is 4.79 Å². The monoisotopic (exact) mass is 667 g/mol. The number of carbonyl (C=O) groups is 2. The smallest absolute Gasteiger partial charge is 0.421 e. The number of benzene rings is 1. The highest BCUT2D eigenvalue weighted by Crippen LogP contribution is 2.50. The van der Waals surface area contributed by atoms with Gasteiger partial charge < -0.3 is 35.0 Å². The number of hydrogen-bond donors (Lipinski definition) is 3. The first-order valence-electron chi connectivity index (χ1n) is 15.3. The number of anilines is 1. The van der Waals surface area contributed by atoms with Gasteiger partial charge in [-0.2, -0.15) is 13.2 Å². The summed E-state index contributed by atoms with van der Waals surface area (Å²) in [5.74, 6) is 0.906. The molecule has 1 amide bonds. The number of hydrogen-bond acceptors (Lipinski definition) is 9. The fourth-order valence-electron chi connectivity index (χ4n) is 6.11. The first-order valence-corrected chi connectivity index (χ1v) is 15.3. The molecule has 2 aliphatic carbocycles. The van der Waals surface area contributed by atoms with Crippen molar-refractivity contribution < 1.29 is 46.5 Å². The molecule has 0 aliphatic heterocycles. The number of hydrazine groups is 1. The number of carboxylic acid groups (broad SMARTS) is 1. The zero-order chi connectivity index (χ0) is 34.5. The van der Waals surface area contributed by atoms with Gasteiger partial charge in [0, 0.05) is 62.8 Å². The summed E-state index contributed by atoms with van der Waals surface area (Å²) in [6, 6.07) is 1.59. The van der Waals surface area contributed by atoms with Crippen LogP contribution < -0.4 is 21.2 Å². The predicted molar refractivity (Wildman–Crippen MR) is 164 cm³/mol. The van der Waals surface area contributed by atoms with E-state index in [-0.39, 0.29) is 31.0 Å². The molecule has 15 heteroatoms. The Kier molecular flexibility index (Phi) is 11.4. The molecule has 2 aromatic rings. The van der Waals surface area contributed by atoms with Crippen LogP contribution >= 0.6 is 0 Å². The second kappa shape index (κ2) is 14.9. The number of amides is 1. The normalized spacial score (nSPS) is 19.2. The Morgan fingerprint density at radius 3 is 2.30 bits per heavy atom. The van der Waals surface area contributed by atoms with Gasteiger partial charge in [0.25, 0.3) is 0 Å². The van der Waals surface area contributed by atoms with Crippen LogP contribution in [0.4, 0.5) is 23.2 Å². The number of rotatable bonds is 14. The van der Waals surface area contributed by atoms with Gasteiger partial charge in [-0.05, 0) is 56.1 Å². The molecule has 1 aromatic heterocycles. The highest BCUT2D eigenvalue weighted by atomic mass is 19.4. The molecule has 4 rings (SSSR count). The summed E-state index contributed by atoms with van der Waals surface area (Å²) >= 11 is 0. The van der Waals surface area contributed by atoms with Gasteiger partial charge in [-0.15, -0.1) is 0 Å². The predicted octanol–water partition coefficient (Wildman–Crippen LogP) is 5.19. The first-order chi connectivity index (χ1) is 22.2. The average Bonchev–Trinajstić information content (AvgIpc) is 3.78. The largest absolute Gasteiger partial charge is 0.478 e. The molecule has 0 spiro atoms. The maximum Gasteiger partial charge on any atom is 0.421 e. The van der Waals surface area contributed by atoms with Crippen molar-refractivity contribution in [2.24, 2.45) is 23.4 Å². The summed E-state index contributed by atoms with van der Waals surface area (Å²) in [6.07, 6.45) is 2.66. The molecule has 2 fully saturated rings. The van der Waals surface area contributed by atoms with E-state index in [2.05, 4.69) is 11.9 Å². The summed E-state index contributed by atoms with van der Waals surface area (Å²) in [7, 11) is 2.79. The SMILES string of the molecule is COCC(COC)N(C(=O)C1CCC(C)CC1)c1cc(F)c(Oc2ncc(C3(CN(N)/C=C\N)CC3)cc2C(F)(F)F)cc1C(=O)O. The zero-order valence-electron chi connectivity index (χ0n) is 26.6. The number of methoxy groups -OCH3 is 2. The summed E-state index contributed by atoms with van der Waals surface area (Å²) in [5.41, 5.74) is 2.80. The Bertz CT molecular complexity index is 1450. The lowest BCUT2D eigenvalue weighted by molar-refractivity contribution is -0.139. The van der Waals surface area contributed by atoms with Crippen LogP contribution in [0.2, 0.25) is 0 Å². The lowest BCUT2D eigenvalue weighted by atomic mass is 9.82. The van der Waals surface area contributed by atoms with Crippen molar-refractivity contribution in [2.75, 3.05) is 38.9 Å². The third-order valence-electron chi connectivity index (χ3n) is 8.82. The second-order valence-corrected chi connectivity index (χ2v) is 12.3. The number of carboxylic acids is 1. The summed E-state index contributed by atoms with van der Waals surface area (Å²) in [6.45, 7) is 2.15. The van der Waals surface area contributed by atoms with Crippen molar-refractivity contribution in [3.63, 3.8) is 0 Å². The Labute approximate surface area is 270 Å². The van der Waals surface area contributed by atoms with E-state index in [1.807, 2.05) is 0 Å². The topological polar surface area (TPSA) is 153 Å². The quantitative estimate of drug-likeness (QED) is 0.139. The number of nitrogens with zero attached hydrogens (tertiary/aromatic N) is 3. The van der Waals surface area contributed by atoms with Gasteiger partial charge in [0.1, 0.15) is 5.56 Å². The molecule has 2 aliphatic rings. The third kappa shape index (κ3) is 8.32. The van der Waals surface area contributed by atoms with E-state index in [0.29, 0.717) is 31.6 Å². The Morgan fingerprint density at radius 1 is 1.13 bits per heavy atom. The fraction of sp³-hybridized carbons (Fsp3) is 0.531. The summed E-state index contributed by atoms with van der Waals surface area (Å²) < 4.78 is 74.6. The van der Waals surface area contributed by atoms with Crippen LogP contribution in [0.5, 0.6) is 11.6 Å². The van der Waals surface area contributed by atoms with Crippen LogP contribution in [0.3, 0.4) is 0 Å². The fourth-order valence-corrected chi connectivity index (χ4v) is 6.11. The molecule has 1 aromatic carbocycles. The van der Waals surface area contributed by atoms with Gasteiger partial charge in [0.2, 0.25) is 11.8 Å². The number of nitrogens with two attached hydrogens (primary N) is 2. The third-order valence-corrected chi connectivity index (χ3v) is 8.82. The van der Waals surface area contributed by atoms with Crippen molar-refractivity contribution >= 4 is 17.6 Å². The van der Waals surface area contributed by atoms with Crippen molar-refractivity contribution in [3.8, 4) is 11.6 Å². The molecule has 0 radical (unpaired) electrons. The van der Waals surface area contributed by atoms with Gasteiger partial charge in [-0.1, -0.05) is 6.92 Å². The summed E-state index contributed by atoms with van der Waals surface area (Å²) in [4.78, 5) is 31.6. The Hall–Kier alpha value is -3.95. The number of alkyl halides is 3. The van der Waals surface area contributed by atoms with Crippen LogP contribution in [0, 0.1) is 17.7 Å². The summed E-state index contributed by atoms with van der Waals surface area (Å²) in [5, 5.41) is 11.5. The highest BCUT2D eigenvalue weighted by Gasteiger charge is 2.47.